The predicted octanol–water partition coefficient (Wildman–Crippen LogP) is 9.56. The smallest absolute Gasteiger partial charge is 0.0788 e. The Kier molecular flexibility index (Phi) is 6.54. The molecule has 1 atom stereocenters. The average molecular weight is 663 g/mol. The zero-order valence-electron chi connectivity index (χ0n) is 28.7. The first-order valence-electron chi connectivity index (χ1n) is 18.4. The van der Waals surface area contributed by atoms with Gasteiger partial charge in [-0.25, -0.2) is 4.98 Å². The molecule has 52 heavy (non-hydrogen) atoms. The summed E-state index contributed by atoms with van der Waals surface area (Å²) in [6, 6.07) is 52.8. The van der Waals surface area contributed by atoms with Gasteiger partial charge in [-0.2, -0.15) is 0 Å². The third-order valence-electron chi connectivity index (χ3n) is 11.5. The summed E-state index contributed by atoms with van der Waals surface area (Å²) >= 11 is 0. The standard InChI is InChI=1S/C50H34N2/c1-2-12-33(13-3-1)49-45-30-43(38-17-7-9-19-40(38)48(45)44-27-34-14-4-5-15-35(34)29-47(44)52-49)32-24-22-31(23-25-32)42-28-37-26-36-16-6-11-21-46(36)51-50(37)41-20-10-8-18-39(41)42/h1-22,24,26-27,29-30,37H,23,25,28H2. The Balaban J connectivity index is 1.12. The quantitative estimate of drug-likeness (QED) is 0.137. The zero-order valence-corrected chi connectivity index (χ0v) is 28.7. The second kappa shape index (κ2) is 11.6. The Morgan fingerprint density at radius 1 is 0.538 bits per heavy atom. The summed E-state index contributed by atoms with van der Waals surface area (Å²) in [4.78, 5) is 10.6. The van der Waals surface area contributed by atoms with Crippen LogP contribution in [0.25, 0.3) is 77.4 Å². The number of nitrogens with zero attached hydrogens (tertiary/aromatic N) is 2. The van der Waals surface area contributed by atoms with Gasteiger partial charge >= 0.3 is 0 Å². The predicted molar refractivity (Wildman–Crippen MR) is 217 cm³/mol. The van der Waals surface area contributed by atoms with Crippen LogP contribution in [0.4, 0.5) is 0 Å². The average Bonchev–Trinajstić information content (AvgIpc) is 3.21. The molecule has 0 amide bonds. The molecule has 11 rings (SSSR count). The molecule has 244 valence electrons. The van der Waals surface area contributed by atoms with Gasteiger partial charge in [-0.3, -0.25) is 4.99 Å². The van der Waals surface area contributed by atoms with Crippen molar-refractivity contribution in [3.05, 3.63) is 190 Å². The van der Waals surface area contributed by atoms with E-state index >= 15 is 0 Å². The molecule has 3 aliphatic rings. The van der Waals surface area contributed by atoms with Crippen LogP contribution in [0.5, 0.6) is 0 Å². The van der Waals surface area contributed by atoms with Gasteiger partial charge in [0.15, 0.2) is 0 Å². The summed E-state index contributed by atoms with van der Waals surface area (Å²) in [6.45, 7) is 0. The SMILES string of the molecule is C1=C(C2=c3ccccc3=C3N=c4ccccc4=CC3C2)CCC(c2cc3c(-c4ccccc4)nc4cc5ccccc5cc4c3c3ccccc23)=C1. The monoisotopic (exact) mass is 662 g/mol. The van der Waals surface area contributed by atoms with E-state index in [-0.39, 0.29) is 5.92 Å². The maximum Gasteiger partial charge on any atom is 0.0788 e. The Bertz CT molecular complexity index is 3150. The van der Waals surface area contributed by atoms with Crippen LogP contribution in [0.2, 0.25) is 0 Å². The van der Waals surface area contributed by atoms with Crippen LogP contribution < -0.4 is 21.0 Å². The lowest BCUT2D eigenvalue weighted by Gasteiger charge is -2.26. The van der Waals surface area contributed by atoms with Gasteiger partial charge in [0, 0.05) is 32.9 Å². The second-order valence-electron chi connectivity index (χ2n) is 14.4. The summed E-state index contributed by atoms with van der Waals surface area (Å²) in [5, 5.41) is 13.6. The lowest BCUT2D eigenvalue weighted by molar-refractivity contribution is 0.836. The van der Waals surface area contributed by atoms with Crippen LogP contribution in [0, 0.1) is 5.92 Å². The third kappa shape index (κ3) is 4.57. The van der Waals surface area contributed by atoms with E-state index in [1.807, 2.05) is 0 Å². The fourth-order valence-corrected chi connectivity index (χ4v) is 9.01. The molecule has 0 N–H and O–H groups in total. The van der Waals surface area contributed by atoms with Gasteiger partial charge in [-0.1, -0.05) is 140 Å². The van der Waals surface area contributed by atoms with Gasteiger partial charge in [0.2, 0.25) is 0 Å². The summed E-state index contributed by atoms with van der Waals surface area (Å²) in [5.74, 6) is 0.284. The molecule has 2 nitrogen and oxygen atoms in total. The van der Waals surface area contributed by atoms with Crippen molar-refractivity contribution in [2.45, 2.75) is 19.3 Å². The van der Waals surface area contributed by atoms with Crippen molar-refractivity contribution < 1.29 is 0 Å². The molecule has 2 aliphatic carbocycles. The molecule has 1 aromatic heterocycles. The number of allylic oxidation sites excluding steroid dienone is 4. The third-order valence-corrected chi connectivity index (χ3v) is 11.5. The molecule has 0 radical (unpaired) electrons. The van der Waals surface area contributed by atoms with Gasteiger partial charge in [0.25, 0.3) is 0 Å². The molecule has 0 saturated heterocycles. The highest BCUT2D eigenvalue weighted by atomic mass is 14.8. The Morgan fingerprint density at radius 3 is 2.08 bits per heavy atom. The minimum absolute atomic E-state index is 0.284. The Hall–Kier alpha value is -6.38. The van der Waals surface area contributed by atoms with Crippen molar-refractivity contribution in [1.82, 2.24) is 4.98 Å². The number of hydrogen-bond acceptors (Lipinski definition) is 2. The molecular formula is C50H34N2. The van der Waals surface area contributed by atoms with E-state index < -0.39 is 0 Å². The summed E-state index contributed by atoms with van der Waals surface area (Å²) < 4.78 is 0. The maximum absolute atomic E-state index is 5.41. The van der Waals surface area contributed by atoms with E-state index in [4.69, 9.17) is 9.98 Å². The topological polar surface area (TPSA) is 25.2 Å². The van der Waals surface area contributed by atoms with Gasteiger partial charge in [0.1, 0.15) is 0 Å². The number of fused-ring (bicyclic) bond motifs is 9. The normalized spacial score (nSPS) is 16.5. The summed E-state index contributed by atoms with van der Waals surface area (Å²) in [7, 11) is 0. The molecule has 8 aromatic rings. The summed E-state index contributed by atoms with van der Waals surface area (Å²) in [5.41, 5.74) is 10.00. The molecule has 0 bridgehead atoms. The fourth-order valence-electron chi connectivity index (χ4n) is 9.01. The second-order valence-corrected chi connectivity index (χ2v) is 14.4. The number of para-hydroxylation sites is 1. The largest absolute Gasteiger partial charge is 0.252 e. The van der Waals surface area contributed by atoms with Gasteiger partial charge in [0.05, 0.1) is 22.3 Å². The first kappa shape index (κ1) is 29.4. The van der Waals surface area contributed by atoms with Crippen molar-refractivity contribution >= 4 is 66.1 Å². The molecule has 7 aromatic carbocycles. The number of pyridine rings is 1. The van der Waals surface area contributed by atoms with Crippen LogP contribution in [-0.4, -0.2) is 4.98 Å². The highest BCUT2D eigenvalue weighted by Crippen LogP contribution is 2.43. The number of aromatic nitrogens is 1. The zero-order chi connectivity index (χ0) is 34.2. The molecule has 1 unspecified atom stereocenters. The molecule has 0 fully saturated rings. The van der Waals surface area contributed by atoms with Crippen LogP contribution in [0.15, 0.2) is 168 Å². The van der Waals surface area contributed by atoms with Crippen LogP contribution >= 0.6 is 0 Å². The molecule has 0 spiro atoms. The molecule has 1 aliphatic heterocycles. The maximum atomic E-state index is 5.41. The van der Waals surface area contributed by atoms with Crippen molar-refractivity contribution in [3.63, 3.8) is 0 Å². The minimum Gasteiger partial charge on any atom is -0.252 e. The molecule has 2 heteroatoms. The van der Waals surface area contributed by atoms with Gasteiger partial charge < -0.3 is 0 Å². The number of rotatable bonds is 3. The lowest BCUT2D eigenvalue weighted by atomic mass is 9.79. The van der Waals surface area contributed by atoms with Crippen LogP contribution in [-0.2, 0) is 0 Å². The molecule has 0 saturated carbocycles. The first-order valence-corrected chi connectivity index (χ1v) is 18.4. The van der Waals surface area contributed by atoms with E-state index in [0.29, 0.717) is 0 Å². The van der Waals surface area contributed by atoms with Gasteiger partial charge in [-0.05, 0) is 97.8 Å². The molecular weight excluding hydrogens is 629 g/mol. The van der Waals surface area contributed by atoms with Crippen LogP contribution in [0.3, 0.4) is 0 Å². The Labute approximate surface area is 301 Å². The van der Waals surface area contributed by atoms with Crippen molar-refractivity contribution in [3.8, 4) is 11.3 Å². The lowest BCUT2D eigenvalue weighted by Crippen LogP contribution is -2.39. The highest BCUT2D eigenvalue weighted by molar-refractivity contribution is 6.25. The first-order chi connectivity index (χ1) is 25.8. The van der Waals surface area contributed by atoms with E-state index in [1.165, 1.54) is 81.3 Å². The number of benzene rings is 7. The van der Waals surface area contributed by atoms with Crippen molar-refractivity contribution in [1.29, 1.82) is 0 Å². The van der Waals surface area contributed by atoms with E-state index in [0.717, 1.165) is 41.4 Å². The Morgan fingerprint density at radius 2 is 1.23 bits per heavy atom. The van der Waals surface area contributed by atoms with Gasteiger partial charge in [-0.15, -0.1) is 0 Å². The molecule has 2 heterocycles. The fraction of sp³-hybridized carbons (Fsp3) is 0.0800. The number of hydrogen-bond donors (Lipinski definition) is 0. The van der Waals surface area contributed by atoms with E-state index in [2.05, 4.69) is 164 Å². The minimum atomic E-state index is 0.284. The highest BCUT2D eigenvalue weighted by Gasteiger charge is 2.25. The van der Waals surface area contributed by atoms with E-state index in [9.17, 15) is 0 Å². The van der Waals surface area contributed by atoms with Crippen LogP contribution in [0.1, 0.15) is 24.8 Å². The van der Waals surface area contributed by atoms with Crippen molar-refractivity contribution in [2.75, 3.05) is 0 Å². The van der Waals surface area contributed by atoms with Crippen molar-refractivity contribution in [2.24, 2.45) is 10.9 Å². The summed E-state index contributed by atoms with van der Waals surface area (Å²) in [6.07, 6.45) is 10.2. The van der Waals surface area contributed by atoms with E-state index in [1.54, 1.807) is 0 Å².